The van der Waals surface area contributed by atoms with Crippen LogP contribution in [-0.2, 0) is 0 Å². The van der Waals surface area contributed by atoms with E-state index < -0.39 is 5.82 Å². The first-order valence-corrected chi connectivity index (χ1v) is 13.1. The normalized spacial score (nSPS) is 25.0. The monoisotopic (exact) mass is 500 g/mol. The van der Waals surface area contributed by atoms with E-state index in [0.717, 1.165) is 49.5 Å². The number of nitrogens with zero attached hydrogens (tertiary/aromatic N) is 3. The summed E-state index contributed by atoms with van der Waals surface area (Å²) in [6.07, 6.45) is 3.54. The summed E-state index contributed by atoms with van der Waals surface area (Å²) in [4.78, 5) is 11.5. The number of aromatic hydroxyl groups is 1. The molecular formula is C29H29FN4O3. The fraction of sp³-hybridized carbons (Fsp3) is 0.379. The maximum Gasteiger partial charge on any atom is 0.319 e. The van der Waals surface area contributed by atoms with Crippen LogP contribution in [0.1, 0.15) is 25.7 Å². The predicted octanol–water partition coefficient (Wildman–Crippen LogP) is 4.39. The van der Waals surface area contributed by atoms with Crippen molar-refractivity contribution in [3.63, 3.8) is 0 Å². The lowest BCUT2D eigenvalue weighted by molar-refractivity contribution is -0.00302. The van der Waals surface area contributed by atoms with Crippen LogP contribution < -0.4 is 15.0 Å². The van der Waals surface area contributed by atoms with Crippen LogP contribution in [-0.4, -0.2) is 58.1 Å². The van der Waals surface area contributed by atoms with Gasteiger partial charge in [0.2, 0.25) is 0 Å². The highest BCUT2D eigenvalue weighted by Gasteiger charge is 2.34. The second-order valence-corrected chi connectivity index (χ2v) is 10.6. The number of piperazine rings is 1. The Balaban J connectivity index is 1.36. The van der Waals surface area contributed by atoms with Crippen molar-refractivity contribution in [2.45, 2.75) is 43.9 Å². The van der Waals surface area contributed by atoms with Crippen molar-refractivity contribution >= 4 is 27.5 Å². The van der Waals surface area contributed by atoms with E-state index in [1.54, 1.807) is 18.2 Å². The standard InChI is InChI=1S/C29H29FN4O3/c30-26-22(24-12-20(35)11-16-3-1-2-4-21(16)24)8-9-23-27(26)32-29(37-15-17-5-10-25(17)36)33-28(23)34-13-18-6-7-19(14-34)31-18/h1-4,8-9,11-12,17-19,25,31,35-36H,5-7,10,13-15H2/t17?,18-,19+,25?. The van der Waals surface area contributed by atoms with Gasteiger partial charge in [-0.05, 0) is 60.2 Å². The third-order valence-corrected chi connectivity index (χ3v) is 8.22. The molecule has 0 amide bonds. The van der Waals surface area contributed by atoms with Crippen LogP contribution in [0.4, 0.5) is 10.2 Å². The molecule has 3 fully saturated rings. The lowest BCUT2D eigenvalue weighted by atomic mass is 9.83. The molecule has 0 spiro atoms. The van der Waals surface area contributed by atoms with Crippen LogP contribution in [0, 0.1) is 11.7 Å². The van der Waals surface area contributed by atoms with Gasteiger partial charge in [-0.25, -0.2) is 4.39 Å². The van der Waals surface area contributed by atoms with Gasteiger partial charge >= 0.3 is 6.01 Å². The Morgan fingerprint density at radius 2 is 1.76 bits per heavy atom. The second-order valence-electron chi connectivity index (χ2n) is 10.6. The SMILES string of the molecule is Oc1cc(-c2ccc3c(N4C[C@H]5CC[C@@H](C4)N5)nc(OCC4CCC4O)nc3c2F)c2ccccc2c1. The van der Waals surface area contributed by atoms with E-state index in [2.05, 4.69) is 15.2 Å². The quantitative estimate of drug-likeness (QED) is 0.375. The lowest BCUT2D eigenvalue weighted by Gasteiger charge is -2.34. The lowest BCUT2D eigenvalue weighted by Crippen LogP contribution is -2.51. The van der Waals surface area contributed by atoms with Crippen LogP contribution in [0.15, 0.2) is 48.5 Å². The van der Waals surface area contributed by atoms with Gasteiger partial charge in [0, 0.05) is 42.0 Å². The number of rotatable bonds is 5. The molecule has 0 radical (unpaired) electrons. The van der Waals surface area contributed by atoms with Gasteiger partial charge in [0.1, 0.15) is 17.1 Å². The Morgan fingerprint density at radius 1 is 0.946 bits per heavy atom. The van der Waals surface area contributed by atoms with Crippen LogP contribution >= 0.6 is 0 Å². The molecule has 8 heteroatoms. The summed E-state index contributed by atoms with van der Waals surface area (Å²) in [6, 6.07) is 15.4. The summed E-state index contributed by atoms with van der Waals surface area (Å²) in [7, 11) is 0. The molecule has 2 saturated heterocycles. The Morgan fingerprint density at radius 3 is 2.51 bits per heavy atom. The number of fused-ring (bicyclic) bond motifs is 4. The van der Waals surface area contributed by atoms with Crippen LogP contribution in [0.2, 0.25) is 0 Å². The Labute approximate surface area is 213 Å². The summed E-state index contributed by atoms with van der Waals surface area (Å²) >= 11 is 0. The first-order chi connectivity index (χ1) is 18.0. The fourth-order valence-corrected chi connectivity index (χ4v) is 6.05. The van der Waals surface area contributed by atoms with Crippen molar-refractivity contribution in [1.82, 2.24) is 15.3 Å². The number of anilines is 1. The molecule has 190 valence electrons. The Hall–Kier alpha value is -3.49. The number of benzene rings is 3. The van der Waals surface area contributed by atoms with E-state index in [9.17, 15) is 10.2 Å². The molecule has 2 unspecified atom stereocenters. The number of nitrogens with one attached hydrogen (secondary N) is 1. The summed E-state index contributed by atoms with van der Waals surface area (Å²) in [6.45, 7) is 1.89. The molecule has 3 aromatic carbocycles. The van der Waals surface area contributed by atoms with E-state index >= 15 is 4.39 Å². The number of aliphatic hydroxyl groups is 1. The highest BCUT2D eigenvalue weighted by atomic mass is 19.1. The molecule has 3 aliphatic rings. The maximum atomic E-state index is 16.3. The molecule has 1 aliphatic carbocycles. The minimum Gasteiger partial charge on any atom is -0.508 e. The highest BCUT2D eigenvalue weighted by molar-refractivity contribution is 6.01. The summed E-state index contributed by atoms with van der Waals surface area (Å²) in [5.74, 6) is 0.339. The van der Waals surface area contributed by atoms with E-state index in [0.29, 0.717) is 41.0 Å². The second kappa shape index (κ2) is 8.82. The van der Waals surface area contributed by atoms with Crippen molar-refractivity contribution in [1.29, 1.82) is 0 Å². The number of hydrogen-bond acceptors (Lipinski definition) is 7. The molecule has 4 atom stereocenters. The molecule has 4 aromatic rings. The van der Waals surface area contributed by atoms with E-state index in [4.69, 9.17) is 9.72 Å². The van der Waals surface area contributed by atoms with E-state index in [1.807, 2.05) is 30.3 Å². The van der Waals surface area contributed by atoms with Gasteiger partial charge in [-0.3, -0.25) is 0 Å². The van der Waals surface area contributed by atoms with Crippen molar-refractivity contribution < 1.29 is 19.3 Å². The average molecular weight is 501 g/mol. The Bertz CT molecular complexity index is 1500. The van der Waals surface area contributed by atoms with Gasteiger partial charge in [0.25, 0.3) is 0 Å². The first-order valence-electron chi connectivity index (χ1n) is 13.1. The van der Waals surface area contributed by atoms with Crippen molar-refractivity contribution in [2.24, 2.45) is 5.92 Å². The molecule has 37 heavy (non-hydrogen) atoms. The van der Waals surface area contributed by atoms with Crippen LogP contribution in [0.5, 0.6) is 11.8 Å². The third-order valence-electron chi connectivity index (χ3n) is 8.22. The maximum absolute atomic E-state index is 16.3. The smallest absolute Gasteiger partial charge is 0.319 e. The zero-order valence-electron chi connectivity index (χ0n) is 20.4. The molecule has 3 heterocycles. The summed E-state index contributed by atoms with van der Waals surface area (Å²) in [5, 5.41) is 26.3. The zero-order chi connectivity index (χ0) is 25.1. The summed E-state index contributed by atoms with van der Waals surface area (Å²) in [5.41, 5.74) is 1.17. The number of ether oxygens (including phenoxy) is 1. The van der Waals surface area contributed by atoms with Crippen molar-refractivity contribution in [2.75, 3.05) is 24.6 Å². The van der Waals surface area contributed by atoms with Crippen LogP contribution in [0.25, 0.3) is 32.8 Å². The number of hydrogen-bond donors (Lipinski definition) is 3. The molecule has 1 saturated carbocycles. The van der Waals surface area contributed by atoms with Gasteiger partial charge < -0.3 is 25.2 Å². The minimum atomic E-state index is -0.469. The number of phenols is 1. The molecule has 7 nitrogen and oxygen atoms in total. The molecule has 7 rings (SSSR count). The van der Waals surface area contributed by atoms with Gasteiger partial charge in [0.15, 0.2) is 5.82 Å². The topological polar surface area (TPSA) is 90.7 Å². The van der Waals surface area contributed by atoms with Gasteiger partial charge in [0.05, 0.1) is 12.7 Å². The molecular weight excluding hydrogens is 471 g/mol. The number of aliphatic hydroxyl groups excluding tert-OH is 1. The number of phenolic OH excluding ortho intramolecular Hbond substituents is 1. The number of aromatic nitrogens is 2. The zero-order valence-corrected chi connectivity index (χ0v) is 20.4. The number of halogens is 1. The Kier molecular flexibility index (Phi) is 5.41. The molecule has 1 aromatic heterocycles. The van der Waals surface area contributed by atoms with Gasteiger partial charge in [-0.1, -0.05) is 30.3 Å². The highest BCUT2D eigenvalue weighted by Crippen LogP contribution is 2.39. The largest absolute Gasteiger partial charge is 0.508 e. The fourth-order valence-electron chi connectivity index (χ4n) is 6.05. The van der Waals surface area contributed by atoms with Gasteiger partial charge in [-0.15, -0.1) is 0 Å². The minimum absolute atomic E-state index is 0.0487. The summed E-state index contributed by atoms with van der Waals surface area (Å²) < 4.78 is 22.3. The molecule has 2 bridgehead atoms. The van der Waals surface area contributed by atoms with E-state index in [1.165, 1.54) is 0 Å². The van der Waals surface area contributed by atoms with E-state index in [-0.39, 0.29) is 29.3 Å². The first kappa shape index (κ1) is 22.7. The van der Waals surface area contributed by atoms with Gasteiger partial charge in [-0.2, -0.15) is 9.97 Å². The van der Waals surface area contributed by atoms with Crippen molar-refractivity contribution in [3.05, 3.63) is 54.3 Å². The average Bonchev–Trinajstić information content (AvgIpc) is 3.24. The molecule has 2 aliphatic heterocycles. The van der Waals surface area contributed by atoms with Crippen molar-refractivity contribution in [3.8, 4) is 22.9 Å². The van der Waals surface area contributed by atoms with Crippen LogP contribution in [0.3, 0.4) is 0 Å². The third kappa shape index (κ3) is 3.95. The molecule has 3 N–H and O–H groups in total. The predicted molar refractivity (Wildman–Crippen MR) is 140 cm³/mol.